The Kier molecular flexibility index (Phi) is 3.79. The lowest BCUT2D eigenvalue weighted by molar-refractivity contribution is -0.299. The smallest absolute Gasteiger partial charge is 0.0668 e. The van der Waals surface area contributed by atoms with E-state index in [-0.39, 0.29) is 11.3 Å². The fraction of sp³-hybridized carbons (Fsp3) is 0.700. The Morgan fingerprint density at radius 3 is 2.62 bits per heavy atom. The molecule has 0 saturated heterocycles. The number of halogens is 1. The molecule has 2 nitrogen and oxygen atoms in total. The molecule has 2 atom stereocenters. The molecule has 0 aromatic carbocycles. The molecule has 0 spiro atoms. The Morgan fingerprint density at radius 1 is 1.46 bits per heavy atom. The van der Waals surface area contributed by atoms with Crippen LogP contribution in [0, 0.1) is 5.92 Å². The van der Waals surface area contributed by atoms with Gasteiger partial charge in [0.05, 0.1) is 5.97 Å². The first-order valence-corrected chi connectivity index (χ1v) is 5.08. The predicted molar refractivity (Wildman–Crippen MR) is 50.4 cm³/mol. The van der Waals surface area contributed by atoms with Crippen LogP contribution in [-0.4, -0.2) is 11.3 Å². The first kappa shape index (κ1) is 10.6. The van der Waals surface area contributed by atoms with Crippen LogP contribution in [0.15, 0.2) is 11.6 Å². The molecule has 0 radical (unpaired) electrons. The van der Waals surface area contributed by atoms with Crippen molar-refractivity contribution < 1.29 is 9.90 Å². The van der Waals surface area contributed by atoms with E-state index < -0.39 is 5.97 Å². The lowest BCUT2D eigenvalue weighted by Gasteiger charge is -2.25. The van der Waals surface area contributed by atoms with Crippen molar-refractivity contribution in [1.82, 2.24) is 0 Å². The highest BCUT2D eigenvalue weighted by molar-refractivity contribution is 6.21. The lowest BCUT2D eigenvalue weighted by Crippen LogP contribution is -2.25. The minimum absolute atomic E-state index is 0.100. The molecule has 0 aromatic heterocycles. The minimum atomic E-state index is -1.09. The van der Waals surface area contributed by atoms with E-state index in [1.54, 1.807) is 13.0 Å². The first-order chi connectivity index (χ1) is 6.11. The van der Waals surface area contributed by atoms with Crippen molar-refractivity contribution in [3.8, 4) is 0 Å². The Morgan fingerprint density at radius 2 is 2.08 bits per heavy atom. The van der Waals surface area contributed by atoms with E-state index in [0.29, 0.717) is 5.57 Å². The third-order valence-electron chi connectivity index (χ3n) is 2.52. The molecule has 1 aliphatic rings. The van der Waals surface area contributed by atoms with Gasteiger partial charge in [0.25, 0.3) is 0 Å². The largest absolute Gasteiger partial charge is 0.545 e. The summed E-state index contributed by atoms with van der Waals surface area (Å²) in [5.74, 6) is -0.872. The van der Waals surface area contributed by atoms with Crippen LogP contribution in [0.25, 0.3) is 0 Å². The molecule has 3 heteroatoms. The normalized spacial score (nSPS) is 30.2. The zero-order valence-electron chi connectivity index (χ0n) is 7.75. The van der Waals surface area contributed by atoms with Gasteiger partial charge in [-0.05, 0) is 31.3 Å². The quantitative estimate of drug-likeness (QED) is 0.502. The van der Waals surface area contributed by atoms with Gasteiger partial charge in [0.15, 0.2) is 0 Å². The van der Waals surface area contributed by atoms with Gasteiger partial charge >= 0.3 is 0 Å². The summed E-state index contributed by atoms with van der Waals surface area (Å²) in [6.45, 7) is 1.56. The number of allylic oxidation sites excluding steroid dienone is 1. The van der Waals surface area contributed by atoms with E-state index in [9.17, 15) is 9.90 Å². The second-order valence-corrected chi connectivity index (χ2v) is 4.16. The van der Waals surface area contributed by atoms with Crippen LogP contribution in [0.4, 0.5) is 0 Å². The van der Waals surface area contributed by atoms with E-state index in [1.165, 1.54) is 0 Å². The highest BCUT2D eigenvalue weighted by atomic mass is 35.5. The van der Waals surface area contributed by atoms with E-state index in [1.807, 2.05) is 0 Å². The third-order valence-corrected chi connectivity index (χ3v) is 3.06. The Labute approximate surface area is 83.6 Å². The van der Waals surface area contributed by atoms with Crippen LogP contribution in [0.1, 0.15) is 32.6 Å². The average molecular weight is 202 g/mol. The first-order valence-electron chi connectivity index (χ1n) is 4.65. The van der Waals surface area contributed by atoms with Crippen LogP contribution < -0.4 is 5.11 Å². The van der Waals surface area contributed by atoms with Crippen LogP contribution in [0.3, 0.4) is 0 Å². The summed E-state index contributed by atoms with van der Waals surface area (Å²) in [4.78, 5) is 10.5. The van der Waals surface area contributed by atoms with Crippen molar-refractivity contribution in [2.75, 3.05) is 0 Å². The molecule has 1 fully saturated rings. The monoisotopic (exact) mass is 201 g/mol. The maximum atomic E-state index is 10.5. The molecule has 0 bridgehead atoms. The summed E-state index contributed by atoms with van der Waals surface area (Å²) in [6, 6.07) is 0. The van der Waals surface area contributed by atoms with Gasteiger partial charge in [-0.25, -0.2) is 0 Å². The molecule has 1 saturated carbocycles. The van der Waals surface area contributed by atoms with Crippen LogP contribution in [-0.2, 0) is 4.79 Å². The number of alkyl halides is 1. The second kappa shape index (κ2) is 4.66. The predicted octanol–water partition coefficient (Wildman–Crippen LogP) is 1.48. The number of hydrogen-bond donors (Lipinski definition) is 0. The topological polar surface area (TPSA) is 40.1 Å². The SMILES string of the molecule is C/C(=C\C1CCCCC1Cl)C(=O)[O-]. The standard InChI is InChI=1S/C10H15ClO2/c1-7(10(12)13)6-8-4-2-3-5-9(8)11/h6,8-9H,2-5H2,1H3,(H,12,13)/p-1/b7-6+. The molecule has 0 aliphatic heterocycles. The molecule has 0 N–H and O–H groups in total. The maximum Gasteiger partial charge on any atom is 0.0668 e. The number of carboxylic acid groups (broad SMARTS) is 1. The van der Waals surface area contributed by atoms with Gasteiger partial charge in [0.1, 0.15) is 0 Å². The third kappa shape index (κ3) is 3.03. The van der Waals surface area contributed by atoms with Gasteiger partial charge < -0.3 is 9.90 Å². The van der Waals surface area contributed by atoms with Gasteiger partial charge in [0, 0.05) is 5.38 Å². The molecule has 1 aliphatic carbocycles. The van der Waals surface area contributed by atoms with Gasteiger partial charge in [-0.1, -0.05) is 18.9 Å². The summed E-state index contributed by atoms with van der Waals surface area (Å²) < 4.78 is 0. The highest BCUT2D eigenvalue weighted by Crippen LogP contribution is 2.30. The number of hydrogen-bond acceptors (Lipinski definition) is 2. The molecule has 0 amide bonds. The number of carboxylic acids is 1. The highest BCUT2D eigenvalue weighted by Gasteiger charge is 2.20. The van der Waals surface area contributed by atoms with Crippen LogP contribution in [0.5, 0.6) is 0 Å². The molecule has 1 rings (SSSR count). The Balaban J connectivity index is 2.60. The lowest BCUT2D eigenvalue weighted by atomic mass is 9.87. The summed E-state index contributed by atoms with van der Waals surface area (Å²) in [6.07, 6.45) is 6.03. The molecule has 13 heavy (non-hydrogen) atoms. The molecule has 2 unspecified atom stereocenters. The number of rotatable bonds is 2. The van der Waals surface area contributed by atoms with E-state index >= 15 is 0 Å². The number of carbonyl (C=O) groups is 1. The van der Waals surface area contributed by atoms with Crippen molar-refractivity contribution in [2.24, 2.45) is 5.92 Å². The Hall–Kier alpha value is -0.500. The molecule has 0 heterocycles. The molecule has 0 aromatic rings. The van der Waals surface area contributed by atoms with Crippen molar-refractivity contribution in [1.29, 1.82) is 0 Å². The van der Waals surface area contributed by atoms with E-state index in [4.69, 9.17) is 11.6 Å². The van der Waals surface area contributed by atoms with Crippen molar-refractivity contribution in [2.45, 2.75) is 38.0 Å². The average Bonchev–Trinajstić information content (AvgIpc) is 2.08. The summed E-state index contributed by atoms with van der Waals surface area (Å²) in [5, 5.41) is 10.6. The molecule has 74 valence electrons. The fourth-order valence-electron chi connectivity index (χ4n) is 1.69. The second-order valence-electron chi connectivity index (χ2n) is 3.60. The van der Waals surface area contributed by atoms with Gasteiger partial charge in [-0.15, -0.1) is 11.6 Å². The molecular formula is C10H14ClO2-. The summed E-state index contributed by atoms with van der Waals surface area (Å²) in [7, 11) is 0. The number of aliphatic carboxylic acids is 1. The van der Waals surface area contributed by atoms with Gasteiger partial charge in [-0.3, -0.25) is 0 Å². The summed E-state index contributed by atoms with van der Waals surface area (Å²) in [5.41, 5.74) is 0.303. The molecular weight excluding hydrogens is 188 g/mol. The number of carbonyl (C=O) groups excluding carboxylic acids is 1. The van der Waals surface area contributed by atoms with Crippen molar-refractivity contribution in [3.63, 3.8) is 0 Å². The van der Waals surface area contributed by atoms with Gasteiger partial charge in [0.2, 0.25) is 0 Å². The Bertz CT molecular complexity index is 223. The van der Waals surface area contributed by atoms with Crippen LogP contribution in [0.2, 0.25) is 0 Å². The van der Waals surface area contributed by atoms with Crippen molar-refractivity contribution in [3.05, 3.63) is 11.6 Å². The zero-order valence-corrected chi connectivity index (χ0v) is 8.51. The van der Waals surface area contributed by atoms with Crippen LogP contribution >= 0.6 is 11.6 Å². The van der Waals surface area contributed by atoms with E-state index in [0.717, 1.165) is 25.7 Å². The zero-order chi connectivity index (χ0) is 9.84. The summed E-state index contributed by atoms with van der Waals surface area (Å²) >= 11 is 6.07. The maximum absolute atomic E-state index is 10.5. The van der Waals surface area contributed by atoms with E-state index in [2.05, 4.69) is 0 Å². The fourth-order valence-corrected chi connectivity index (χ4v) is 2.04. The van der Waals surface area contributed by atoms with Crippen molar-refractivity contribution >= 4 is 17.6 Å². The minimum Gasteiger partial charge on any atom is -0.545 e. The van der Waals surface area contributed by atoms with Gasteiger partial charge in [-0.2, -0.15) is 0 Å².